The first-order chi connectivity index (χ1) is 7.74. The zero-order chi connectivity index (χ0) is 11.1. The third-order valence-electron chi connectivity index (χ3n) is 2.06. The molecule has 0 aliphatic carbocycles. The molecule has 0 amide bonds. The Balaban J connectivity index is 2.24. The van der Waals surface area contributed by atoms with Crippen molar-refractivity contribution in [1.82, 2.24) is 9.97 Å². The summed E-state index contributed by atoms with van der Waals surface area (Å²) in [6.45, 7) is 0. The van der Waals surface area contributed by atoms with Gasteiger partial charge in [0.1, 0.15) is 0 Å². The lowest BCUT2D eigenvalue weighted by molar-refractivity contribution is 1.25. The van der Waals surface area contributed by atoms with Crippen LogP contribution in [0, 0.1) is 0 Å². The maximum absolute atomic E-state index is 6.11. The van der Waals surface area contributed by atoms with Crippen molar-refractivity contribution < 1.29 is 0 Å². The predicted octanol–water partition coefficient (Wildman–Crippen LogP) is 4.84. The van der Waals surface area contributed by atoms with Gasteiger partial charge in [-0.3, -0.25) is 0 Å². The molecular formula is C10H4BrClN2S2. The van der Waals surface area contributed by atoms with Gasteiger partial charge < -0.3 is 0 Å². The Morgan fingerprint density at radius 1 is 1.19 bits per heavy atom. The molecule has 6 heteroatoms. The van der Waals surface area contributed by atoms with Gasteiger partial charge in [-0.05, 0) is 39.5 Å². The van der Waals surface area contributed by atoms with Crippen molar-refractivity contribution in [2.75, 3.05) is 0 Å². The second-order valence-corrected chi connectivity index (χ2v) is 6.81. The van der Waals surface area contributed by atoms with Crippen LogP contribution in [0.1, 0.15) is 0 Å². The third kappa shape index (κ3) is 1.78. The summed E-state index contributed by atoms with van der Waals surface area (Å²) in [5.74, 6) is 0.687. The van der Waals surface area contributed by atoms with Crippen molar-refractivity contribution in [3.63, 3.8) is 0 Å². The Kier molecular flexibility index (Phi) is 2.71. The number of aromatic nitrogens is 2. The maximum Gasteiger partial charge on any atom is 0.171 e. The summed E-state index contributed by atoms with van der Waals surface area (Å²) in [5.41, 5.74) is 0.907. The largest absolute Gasteiger partial charge is 0.226 e. The number of halogens is 2. The second-order valence-electron chi connectivity index (χ2n) is 3.08. The van der Waals surface area contributed by atoms with E-state index in [0.29, 0.717) is 11.0 Å². The van der Waals surface area contributed by atoms with E-state index in [-0.39, 0.29) is 0 Å². The number of rotatable bonds is 1. The van der Waals surface area contributed by atoms with E-state index < -0.39 is 0 Å². The van der Waals surface area contributed by atoms with Crippen LogP contribution in [0.5, 0.6) is 0 Å². The number of thiophene rings is 2. The van der Waals surface area contributed by atoms with E-state index >= 15 is 0 Å². The van der Waals surface area contributed by atoms with Crippen LogP contribution >= 0.6 is 50.2 Å². The van der Waals surface area contributed by atoms with Crippen molar-refractivity contribution in [3.8, 4) is 10.7 Å². The summed E-state index contributed by atoms with van der Waals surface area (Å²) in [5, 5.41) is 2.50. The standard InChI is InChI=1S/C10H4BrClN2S2/c11-7-2-1-6(16-7)10-13-5-3-4-15-8(5)9(12)14-10/h1-4H. The summed E-state index contributed by atoms with van der Waals surface area (Å²) in [7, 11) is 0. The van der Waals surface area contributed by atoms with Crippen LogP contribution in [0.15, 0.2) is 27.4 Å². The quantitative estimate of drug-likeness (QED) is 0.597. The lowest BCUT2D eigenvalue weighted by Crippen LogP contribution is -1.86. The fourth-order valence-corrected chi connectivity index (χ4v) is 3.71. The van der Waals surface area contributed by atoms with E-state index in [4.69, 9.17) is 11.6 Å². The topological polar surface area (TPSA) is 25.8 Å². The van der Waals surface area contributed by atoms with E-state index in [1.807, 2.05) is 23.6 Å². The molecule has 0 fully saturated rings. The third-order valence-corrected chi connectivity index (χ3v) is 4.97. The summed E-state index contributed by atoms with van der Waals surface area (Å²) in [6.07, 6.45) is 0. The molecule has 0 spiro atoms. The van der Waals surface area contributed by atoms with Gasteiger partial charge in [-0.25, -0.2) is 9.97 Å². The van der Waals surface area contributed by atoms with Crippen LogP contribution in [0.2, 0.25) is 5.15 Å². The highest BCUT2D eigenvalue weighted by Gasteiger charge is 2.10. The van der Waals surface area contributed by atoms with Gasteiger partial charge in [0.25, 0.3) is 0 Å². The van der Waals surface area contributed by atoms with Gasteiger partial charge in [0.05, 0.1) is 18.9 Å². The predicted molar refractivity (Wildman–Crippen MR) is 73.4 cm³/mol. The van der Waals surface area contributed by atoms with Crippen LogP contribution in [-0.2, 0) is 0 Å². The van der Waals surface area contributed by atoms with Crippen LogP contribution in [0.4, 0.5) is 0 Å². The number of nitrogens with zero attached hydrogens (tertiary/aromatic N) is 2. The molecule has 0 radical (unpaired) electrons. The molecule has 0 aliphatic heterocycles. The minimum atomic E-state index is 0.527. The van der Waals surface area contributed by atoms with Crippen molar-refractivity contribution in [2.45, 2.75) is 0 Å². The number of hydrogen-bond acceptors (Lipinski definition) is 4. The lowest BCUT2D eigenvalue weighted by atomic mass is 10.4. The van der Waals surface area contributed by atoms with Crippen molar-refractivity contribution in [1.29, 1.82) is 0 Å². The summed E-state index contributed by atoms with van der Waals surface area (Å²) >= 11 is 12.7. The molecule has 3 aromatic rings. The smallest absolute Gasteiger partial charge is 0.171 e. The zero-order valence-electron chi connectivity index (χ0n) is 7.78. The maximum atomic E-state index is 6.11. The first-order valence-corrected chi connectivity index (χ1v) is 7.27. The fraction of sp³-hybridized carbons (Fsp3) is 0. The zero-order valence-corrected chi connectivity index (χ0v) is 11.8. The highest BCUT2D eigenvalue weighted by atomic mass is 79.9. The van der Waals surface area contributed by atoms with E-state index in [9.17, 15) is 0 Å². The van der Waals surface area contributed by atoms with Gasteiger partial charge in [-0.15, -0.1) is 22.7 Å². The normalized spacial score (nSPS) is 11.1. The Hall–Kier alpha value is -0.490. The van der Waals surface area contributed by atoms with Gasteiger partial charge in [-0.2, -0.15) is 0 Å². The molecule has 0 aliphatic rings. The molecule has 0 unspecified atom stereocenters. The first-order valence-electron chi connectivity index (χ1n) is 4.40. The molecule has 2 nitrogen and oxygen atoms in total. The van der Waals surface area contributed by atoms with Crippen molar-refractivity contribution >= 4 is 60.4 Å². The van der Waals surface area contributed by atoms with Crippen LogP contribution in [-0.4, -0.2) is 9.97 Å². The Labute approximate surface area is 113 Å². The molecule has 3 aromatic heterocycles. The van der Waals surface area contributed by atoms with Gasteiger partial charge >= 0.3 is 0 Å². The Morgan fingerprint density at radius 2 is 2.06 bits per heavy atom. The van der Waals surface area contributed by atoms with Crippen LogP contribution in [0.3, 0.4) is 0 Å². The first kappa shape index (κ1) is 10.7. The summed E-state index contributed by atoms with van der Waals surface area (Å²) in [6, 6.07) is 5.92. The SMILES string of the molecule is Clc1nc(-c2ccc(Br)s2)nc2ccsc12. The second kappa shape index (κ2) is 4.07. The van der Waals surface area contributed by atoms with E-state index in [1.54, 1.807) is 22.7 Å². The summed E-state index contributed by atoms with van der Waals surface area (Å²) < 4.78 is 2.01. The molecule has 0 saturated heterocycles. The Morgan fingerprint density at radius 3 is 2.81 bits per heavy atom. The highest BCUT2D eigenvalue weighted by molar-refractivity contribution is 9.11. The molecule has 0 atom stereocenters. The van der Waals surface area contributed by atoms with Gasteiger partial charge in [0.2, 0.25) is 0 Å². The minimum absolute atomic E-state index is 0.527. The van der Waals surface area contributed by atoms with Gasteiger partial charge in [0.15, 0.2) is 11.0 Å². The molecule has 3 rings (SSSR count). The fourth-order valence-electron chi connectivity index (χ4n) is 1.37. The van der Waals surface area contributed by atoms with Gasteiger partial charge in [-0.1, -0.05) is 11.6 Å². The van der Waals surface area contributed by atoms with Crippen LogP contribution < -0.4 is 0 Å². The molecule has 0 N–H and O–H groups in total. The molecular weight excluding hydrogens is 328 g/mol. The monoisotopic (exact) mass is 330 g/mol. The molecule has 0 aromatic carbocycles. The van der Waals surface area contributed by atoms with Crippen molar-refractivity contribution in [2.24, 2.45) is 0 Å². The average Bonchev–Trinajstić information content (AvgIpc) is 2.85. The highest BCUT2D eigenvalue weighted by Crippen LogP contribution is 2.33. The number of fused-ring (bicyclic) bond motifs is 1. The summed E-state index contributed by atoms with van der Waals surface area (Å²) in [4.78, 5) is 9.81. The minimum Gasteiger partial charge on any atom is -0.226 e. The molecule has 16 heavy (non-hydrogen) atoms. The van der Waals surface area contributed by atoms with E-state index in [0.717, 1.165) is 18.9 Å². The lowest BCUT2D eigenvalue weighted by Gasteiger charge is -1.98. The van der Waals surface area contributed by atoms with Crippen LogP contribution in [0.25, 0.3) is 20.9 Å². The molecule has 3 heterocycles. The molecule has 0 bridgehead atoms. The Bertz CT molecular complexity index is 662. The van der Waals surface area contributed by atoms with Crippen molar-refractivity contribution in [3.05, 3.63) is 32.5 Å². The van der Waals surface area contributed by atoms with E-state index in [2.05, 4.69) is 25.9 Å². The molecule has 80 valence electrons. The van der Waals surface area contributed by atoms with Gasteiger partial charge in [0, 0.05) is 0 Å². The molecule has 0 saturated carbocycles. The number of hydrogen-bond donors (Lipinski definition) is 0. The van der Waals surface area contributed by atoms with E-state index in [1.165, 1.54) is 0 Å². The average molecular weight is 332 g/mol.